The lowest BCUT2D eigenvalue weighted by molar-refractivity contribution is -0.126. The van der Waals surface area contributed by atoms with Gasteiger partial charge in [-0.25, -0.2) is 4.39 Å². The lowest BCUT2D eigenvalue weighted by Gasteiger charge is -2.38. The van der Waals surface area contributed by atoms with Crippen LogP contribution in [0.25, 0.3) is 0 Å². The predicted octanol–water partition coefficient (Wildman–Crippen LogP) is 5.97. The summed E-state index contributed by atoms with van der Waals surface area (Å²) in [6.07, 6.45) is 0.379. The molecule has 3 aromatic rings. The lowest BCUT2D eigenvalue weighted by Crippen LogP contribution is -2.44. The Balaban J connectivity index is 1.63. The van der Waals surface area contributed by atoms with E-state index in [0.717, 1.165) is 17.1 Å². The van der Waals surface area contributed by atoms with Crippen molar-refractivity contribution in [2.45, 2.75) is 39.0 Å². The normalized spacial score (nSPS) is 17.7. The number of para-hydroxylation sites is 3. The minimum Gasteiger partial charge on any atom is -0.454 e. The Labute approximate surface area is 245 Å². The first-order valence-electron chi connectivity index (χ1n) is 13.9. The highest BCUT2D eigenvalue weighted by molar-refractivity contribution is 6.02. The molecule has 0 radical (unpaired) electrons. The van der Waals surface area contributed by atoms with E-state index < -0.39 is 18.1 Å². The van der Waals surface area contributed by atoms with Gasteiger partial charge in [0.2, 0.25) is 5.91 Å². The molecule has 0 aromatic heterocycles. The van der Waals surface area contributed by atoms with E-state index in [4.69, 9.17) is 14.2 Å². The third kappa shape index (κ3) is 6.32. The number of anilines is 2. The molecular formula is C33H36FN3O5. The Morgan fingerprint density at radius 2 is 1.76 bits per heavy atom. The van der Waals surface area contributed by atoms with E-state index in [0.29, 0.717) is 29.7 Å². The number of carbonyl (C=O) groups is 2. The SMILES string of the molecule is COC(CNC(=O)CN1c2ccccc2NC2=C(C(=O)CC(C)(C)C2)C1c1ccc(F)c(Oc2ccccc2)c1)OC. The van der Waals surface area contributed by atoms with Crippen LogP contribution in [-0.4, -0.2) is 45.3 Å². The molecule has 1 amide bonds. The molecule has 8 nitrogen and oxygen atoms in total. The number of ketones is 1. The number of hydrogen-bond donors (Lipinski definition) is 2. The van der Waals surface area contributed by atoms with Crippen molar-refractivity contribution in [2.75, 3.05) is 37.5 Å². The van der Waals surface area contributed by atoms with Gasteiger partial charge in [0.1, 0.15) is 5.75 Å². The molecular weight excluding hydrogens is 537 g/mol. The first-order valence-corrected chi connectivity index (χ1v) is 13.9. The summed E-state index contributed by atoms with van der Waals surface area (Å²) in [6.45, 7) is 4.21. The fourth-order valence-electron chi connectivity index (χ4n) is 5.63. The molecule has 1 unspecified atom stereocenters. The van der Waals surface area contributed by atoms with Gasteiger partial charge in [0.15, 0.2) is 23.6 Å². The van der Waals surface area contributed by atoms with Crippen molar-refractivity contribution in [2.24, 2.45) is 5.41 Å². The van der Waals surface area contributed by atoms with Crippen LogP contribution >= 0.6 is 0 Å². The summed E-state index contributed by atoms with van der Waals surface area (Å²) >= 11 is 0. The zero-order valence-corrected chi connectivity index (χ0v) is 24.3. The highest BCUT2D eigenvalue weighted by Crippen LogP contribution is 2.48. The van der Waals surface area contributed by atoms with Crippen LogP contribution in [-0.2, 0) is 19.1 Å². The Morgan fingerprint density at radius 1 is 1.05 bits per heavy atom. The van der Waals surface area contributed by atoms with Gasteiger partial charge < -0.3 is 29.7 Å². The number of amides is 1. The van der Waals surface area contributed by atoms with Gasteiger partial charge in [0.05, 0.1) is 30.5 Å². The van der Waals surface area contributed by atoms with Crippen LogP contribution in [0.15, 0.2) is 84.1 Å². The molecule has 1 atom stereocenters. The molecule has 2 aliphatic rings. The first kappa shape index (κ1) is 29.3. The van der Waals surface area contributed by atoms with Crippen molar-refractivity contribution in [3.05, 3.63) is 95.4 Å². The zero-order chi connectivity index (χ0) is 29.9. The van der Waals surface area contributed by atoms with Gasteiger partial charge in [-0.15, -0.1) is 0 Å². The molecule has 3 aromatic carbocycles. The molecule has 220 valence electrons. The van der Waals surface area contributed by atoms with E-state index >= 15 is 4.39 Å². The fraction of sp³-hybridized carbons (Fsp3) is 0.333. The van der Waals surface area contributed by atoms with E-state index in [9.17, 15) is 9.59 Å². The maximum atomic E-state index is 15.1. The first-order chi connectivity index (χ1) is 20.2. The molecule has 0 saturated carbocycles. The maximum Gasteiger partial charge on any atom is 0.239 e. The zero-order valence-electron chi connectivity index (χ0n) is 24.3. The number of allylic oxidation sites excluding steroid dienone is 1. The van der Waals surface area contributed by atoms with Crippen LogP contribution in [0.1, 0.15) is 38.3 Å². The van der Waals surface area contributed by atoms with Gasteiger partial charge in [-0.1, -0.05) is 50.2 Å². The second-order valence-corrected chi connectivity index (χ2v) is 11.3. The van der Waals surface area contributed by atoms with Crippen molar-refractivity contribution in [1.29, 1.82) is 0 Å². The van der Waals surface area contributed by atoms with E-state index in [1.165, 1.54) is 20.3 Å². The average molecular weight is 574 g/mol. The molecule has 5 rings (SSSR count). The summed E-state index contributed by atoms with van der Waals surface area (Å²) in [4.78, 5) is 29.2. The average Bonchev–Trinajstić information content (AvgIpc) is 3.09. The number of nitrogens with zero attached hydrogens (tertiary/aromatic N) is 1. The Morgan fingerprint density at radius 3 is 2.50 bits per heavy atom. The summed E-state index contributed by atoms with van der Waals surface area (Å²) in [5.74, 6) is -0.328. The number of rotatable bonds is 9. The number of nitrogens with one attached hydrogen (secondary N) is 2. The highest BCUT2D eigenvalue weighted by Gasteiger charge is 2.42. The Bertz CT molecular complexity index is 1490. The van der Waals surface area contributed by atoms with E-state index in [1.807, 2.05) is 47.4 Å². The topological polar surface area (TPSA) is 89.1 Å². The molecule has 0 saturated heterocycles. The number of Topliss-reactive ketones (excluding diaryl/α,β-unsaturated/α-hetero) is 1. The number of hydrogen-bond acceptors (Lipinski definition) is 7. The molecule has 1 aliphatic heterocycles. The van der Waals surface area contributed by atoms with Gasteiger partial charge in [-0.2, -0.15) is 0 Å². The summed E-state index contributed by atoms with van der Waals surface area (Å²) in [7, 11) is 3.00. The van der Waals surface area contributed by atoms with Gasteiger partial charge >= 0.3 is 0 Å². The van der Waals surface area contributed by atoms with Crippen molar-refractivity contribution in [3.8, 4) is 11.5 Å². The summed E-state index contributed by atoms with van der Waals surface area (Å²) in [5, 5.41) is 6.39. The molecule has 0 bridgehead atoms. The third-order valence-corrected chi connectivity index (χ3v) is 7.55. The van der Waals surface area contributed by atoms with Gasteiger partial charge in [-0.05, 0) is 53.8 Å². The molecule has 1 aliphatic carbocycles. The number of fused-ring (bicyclic) bond motifs is 1. The second kappa shape index (κ2) is 12.3. The van der Waals surface area contributed by atoms with Crippen molar-refractivity contribution >= 4 is 23.1 Å². The summed E-state index contributed by atoms with van der Waals surface area (Å²) in [5.41, 5.74) is 3.24. The minimum atomic E-state index is -0.690. The summed E-state index contributed by atoms with van der Waals surface area (Å²) < 4.78 is 31.5. The van der Waals surface area contributed by atoms with Gasteiger partial charge in [0, 0.05) is 31.9 Å². The van der Waals surface area contributed by atoms with Crippen LogP contribution in [0, 0.1) is 11.2 Å². The van der Waals surface area contributed by atoms with E-state index in [-0.39, 0.29) is 35.9 Å². The van der Waals surface area contributed by atoms with Crippen molar-refractivity contribution < 1.29 is 28.2 Å². The lowest BCUT2D eigenvalue weighted by atomic mass is 9.73. The van der Waals surface area contributed by atoms with Crippen LogP contribution in [0.2, 0.25) is 0 Å². The summed E-state index contributed by atoms with van der Waals surface area (Å²) in [6, 6.07) is 20.5. The van der Waals surface area contributed by atoms with Gasteiger partial charge in [0.25, 0.3) is 0 Å². The Hall–Kier alpha value is -4.21. The molecule has 42 heavy (non-hydrogen) atoms. The molecule has 9 heteroatoms. The van der Waals surface area contributed by atoms with Crippen molar-refractivity contribution in [3.63, 3.8) is 0 Å². The number of methoxy groups -OCH3 is 2. The number of halogens is 1. The van der Waals surface area contributed by atoms with Crippen molar-refractivity contribution in [1.82, 2.24) is 5.32 Å². The second-order valence-electron chi connectivity index (χ2n) is 11.3. The molecule has 0 spiro atoms. The predicted molar refractivity (Wildman–Crippen MR) is 159 cm³/mol. The minimum absolute atomic E-state index is 0.0225. The van der Waals surface area contributed by atoms with Crippen LogP contribution in [0.3, 0.4) is 0 Å². The van der Waals surface area contributed by atoms with Crippen LogP contribution in [0.5, 0.6) is 11.5 Å². The van der Waals surface area contributed by atoms with Gasteiger partial charge in [-0.3, -0.25) is 9.59 Å². The monoisotopic (exact) mass is 573 g/mol. The smallest absolute Gasteiger partial charge is 0.239 e. The highest BCUT2D eigenvalue weighted by atomic mass is 19.1. The molecule has 0 fully saturated rings. The maximum absolute atomic E-state index is 15.1. The van der Waals surface area contributed by atoms with Crippen LogP contribution in [0.4, 0.5) is 15.8 Å². The quantitative estimate of drug-likeness (QED) is 0.305. The third-order valence-electron chi connectivity index (χ3n) is 7.55. The number of benzene rings is 3. The Kier molecular flexibility index (Phi) is 8.61. The standard InChI is InChI=1S/C33H36FN3O5/c1-33(2)17-25-31(27(38)18-33)32(21-14-15-23(34)28(16-21)42-22-10-6-5-7-11-22)37(26-13-9-8-12-24(26)36-25)20-29(39)35-19-30(40-3)41-4/h5-16,30,32,36H,17-20H2,1-4H3,(H,35,39). The number of carbonyl (C=O) groups excluding carboxylic acids is 2. The largest absolute Gasteiger partial charge is 0.454 e. The van der Waals surface area contributed by atoms with E-state index in [1.54, 1.807) is 24.3 Å². The molecule has 1 heterocycles. The fourth-order valence-corrected chi connectivity index (χ4v) is 5.63. The number of ether oxygens (including phenoxy) is 3. The van der Waals surface area contributed by atoms with Crippen LogP contribution < -0.4 is 20.3 Å². The van der Waals surface area contributed by atoms with E-state index in [2.05, 4.69) is 24.5 Å². The molecule has 2 N–H and O–H groups in total.